The standard InChI is InChI=1S/C10H18N2/c1-2-6-10-8(3-1)4-5-9(10)7-11-12-10/h8-9,11-12H,1-7H2. The van der Waals surface area contributed by atoms with Crippen molar-refractivity contribution in [1.29, 1.82) is 0 Å². The van der Waals surface area contributed by atoms with Crippen molar-refractivity contribution in [2.24, 2.45) is 11.8 Å². The van der Waals surface area contributed by atoms with Crippen molar-refractivity contribution in [1.82, 2.24) is 10.9 Å². The van der Waals surface area contributed by atoms with Crippen LogP contribution in [0.25, 0.3) is 0 Å². The molecule has 2 saturated carbocycles. The van der Waals surface area contributed by atoms with E-state index in [1.165, 1.54) is 45.1 Å². The summed E-state index contributed by atoms with van der Waals surface area (Å²) in [6, 6.07) is 0. The molecule has 0 aromatic carbocycles. The van der Waals surface area contributed by atoms with Gasteiger partial charge in [0.1, 0.15) is 0 Å². The van der Waals surface area contributed by atoms with Gasteiger partial charge in [-0.15, -0.1) is 0 Å². The number of hydrogen-bond acceptors (Lipinski definition) is 2. The van der Waals surface area contributed by atoms with Crippen molar-refractivity contribution in [3.8, 4) is 0 Å². The first kappa shape index (κ1) is 7.34. The highest BCUT2D eigenvalue weighted by molar-refractivity contribution is 5.08. The summed E-state index contributed by atoms with van der Waals surface area (Å²) in [6.45, 7) is 1.22. The van der Waals surface area contributed by atoms with Crippen LogP contribution < -0.4 is 10.9 Å². The quantitative estimate of drug-likeness (QED) is 0.569. The molecule has 2 N–H and O–H groups in total. The van der Waals surface area contributed by atoms with Crippen molar-refractivity contribution in [2.75, 3.05) is 6.54 Å². The van der Waals surface area contributed by atoms with Gasteiger partial charge in [0.25, 0.3) is 0 Å². The summed E-state index contributed by atoms with van der Waals surface area (Å²) in [6.07, 6.45) is 8.77. The summed E-state index contributed by atoms with van der Waals surface area (Å²) >= 11 is 0. The molecular weight excluding hydrogens is 148 g/mol. The summed E-state index contributed by atoms with van der Waals surface area (Å²) in [5.74, 6) is 1.94. The van der Waals surface area contributed by atoms with E-state index in [-0.39, 0.29) is 0 Å². The monoisotopic (exact) mass is 166 g/mol. The van der Waals surface area contributed by atoms with Crippen LogP contribution >= 0.6 is 0 Å². The number of nitrogens with one attached hydrogen (secondary N) is 2. The fraction of sp³-hybridized carbons (Fsp3) is 1.00. The highest BCUT2D eigenvalue weighted by Gasteiger charge is 2.53. The Kier molecular flexibility index (Phi) is 1.50. The topological polar surface area (TPSA) is 24.1 Å². The van der Waals surface area contributed by atoms with Crippen molar-refractivity contribution < 1.29 is 0 Å². The highest BCUT2D eigenvalue weighted by atomic mass is 15.4. The zero-order valence-corrected chi connectivity index (χ0v) is 7.60. The third-order valence-corrected chi connectivity index (χ3v) is 4.38. The van der Waals surface area contributed by atoms with Crippen LogP contribution in [0.2, 0.25) is 0 Å². The predicted molar refractivity (Wildman–Crippen MR) is 48.6 cm³/mol. The average molecular weight is 166 g/mol. The van der Waals surface area contributed by atoms with Crippen LogP contribution in [0.1, 0.15) is 38.5 Å². The Hall–Kier alpha value is -0.0800. The SMILES string of the molecule is C1CCC23NNCC2CCC3C1. The lowest BCUT2D eigenvalue weighted by molar-refractivity contribution is 0.164. The molecule has 1 spiro atoms. The molecule has 1 heterocycles. The van der Waals surface area contributed by atoms with E-state index in [2.05, 4.69) is 10.9 Å². The molecule has 2 nitrogen and oxygen atoms in total. The first-order valence-electron chi connectivity index (χ1n) is 5.42. The Morgan fingerprint density at radius 1 is 1.00 bits per heavy atom. The van der Waals surface area contributed by atoms with E-state index in [1.807, 2.05) is 0 Å². The maximum atomic E-state index is 3.58. The van der Waals surface area contributed by atoms with Crippen LogP contribution in [0.15, 0.2) is 0 Å². The normalized spacial score (nSPS) is 52.0. The largest absolute Gasteiger partial charge is 0.257 e. The lowest BCUT2D eigenvalue weighted by Crippen LogP contribution is -2.51. The molecule has 3 atom stereocenters. The zero-order chi connectivity index (χ0) is 8.02. The average Bonchev–Trinajstić information content (AvgIpc) is 2.59. The highest BCUT2D eigenvalue weighted by Crippen LogP contribution is 2.50. The molecule has 0 bridgehead atoms. The first-order chi connectivity index (χ1) is 5.92. The Balaban J connectivity index is 1.92. The Bertz CT molecular complexity index is 190. The van der Waals surface area contributed by atoms with Gasteiger partial charge in [-0.1, -0.05) is 12.8 Å². The molecule has 0 amide bonds. The second kappa shape index (κ2) is 2.46. The maximum Gasteiger partial charge on any atom is 0.0392 e. The van der Waals surface area contributed by atoms with Gasteiger partial charge in [0.05, 0.1) is 0 Å². The van der Waals surface area contributed by atoms with Crippen LogP contribution in [0, 0.1) is 11.8 Å². The molecule has 12 heavy (non-hydrogen) atoms. The molecular formula is C10H18N2. The molecule has 3 fully saturated rings. The molecule has 3 unspecified atom stereocenters. The minimum atomic E-state index is 0.540. The van der Waals surface area contributed by atoms with Gasteiger partial charge in [-0.2, -0.15) is 0 Å². The second-order valence-electron chi connectivity index (χ2n) is 4.76. The van der Waals surface area contributed by atoms with Gasteiger partial charge in [0.15, 0.2) is 0 Å². The van der Waals surface area contributed by atoms with Crippen LogP contribution in [-0.4, -0.2) is 12.1 Å². The van der Waals surface area contributed by atoms with E-state index in [1.54, 1.807) is 0 Å². The van der Waals surface area contributed by atoms with Crippen LogP contribution in [0.4, 0.5) is 0 Å². The zero-order valence-electron chi connectivity index (χ0n) is 7.60. The first-order valence-corrected chi connectivity index (χ1v) is 5.42. The van der Waals surface area contributed by atoms with Gasteiger partial charge >= 0.3 is 0 Å². The maximum absolute atomic E-state index is 3.58. The minimum absolute atomic E-state index is 0.540. The van der Waals surface area contributed by atoms with Crippen LogP contribution in [0.3, 0.4) is 0 Å². The Morgan fingerprint density at radius 2 is 1.92 bits per heavy atom. The second-order valence-corrected chi connectivity index (χ2v) is 4.76. The minimum Gasteiger partial charge on any atom is -0.257 e. The van der Waals surface area contributed by atoms with Gasteiger partial charge in [-0.05, 0) is 37.5 Å². The Morgan fingerprint density at radius 3 is 2.92 bits per heavy atom. The van der Waals surface area contributed by atoms with Crippen molar-refractivity contribution >= 4 is 0 Å². The third-order valence-electron chi connectivity index (χ3n) is 4.38. The van der Waals surface area contributed by atoms with Crippen molar-refractivity contribution in [3.05, 3.63) is 0 Å². The number of hydrazine groups is 1. The smallest absolute Gasteiger partial charge is 0.0392 e. The summed E-state index contributed by atoms with van der Waals surface area (Å²) < 4.78 is 0. The molecule has 1 saturated heterocycles. The third kappa shape index (κ3) is 0.775. The van der Waals surface area contributed by atoms with E-state index in [0.29, 0.717) is 5.54 Å². The molecule has 2 heteroatoms. The molecule has 3 aliphatic rings. The van der Waals surface area contributed by atoms with Crippen LogP contribution in [-0.2, 0) is 0 Å². The lowest BCUT2D eigenvalue weighted by atomic mass is 9.72. The molecule has 0 aromatic rings. The molecule has 0 radical (unpaired) electrons. The number of hydrogen-bond donors (Lipinski definition) is 2. The number of rotatable bonds is 0. The van der Waals surface area contributed by atoms with Crippen LogP contribution in [0.5, 0.6) is 0 Å². The van der Waals surface area contributed by atoms with Gasteiger partial charge in [0.2, 0.25) is 0 Å². The summed E-state index contributed by atoms with van der Waals surface area (Å²) in [4.78, 5) is 0. The molecule has 0 aromatic heterocycles. The molecule has 2 aliphatic carbocycles. The Labute approximate surface area is 74.1 Å². The summed E-state index contributed by atoms with van der Waals surface area (Å²) in [5, 5.41) is 0. The molecule has 1 aliphatic heterocycles. The van der Waals surface area contributed by atoms with Crippen molar-refractivity contribution in [3.63, 3.8) is 0 Å². The lowest BCUT2D eigenvalue weighted by Gasteiger charge is -2.39. The predicted octanol–water partition coefficient (Wildman–Crippen LogP) is 1.43. The van der Waals surface area contributed by atoms with Gasteiger partial charge < -0.3 is 0 Å². The molecule has 3 rings (SSSR count). The fourth-order valence-electron chi connectivity index (χ4n) is 3.76. The van der Waals surface area contributed by atoms with Crippen molar-refractivity contribution in [2.45, 2.75) is 44.1 Å². The molecule has 68 valence electrons. The van der Waals surface area contributed by atoms with E-state index in [0.717, 1.165) is 11.8 Å². The summed E-state index contributed by atoms with van der Waals surface area (Å²) in [5.41, 5.74) is 7.49. The van der Waals surface area contributed by atoms with E-state index in [9.17, 15) is 0 Å². The van der Waals surface area contributed by atoms with Gasteiger partial charge in [-0.25, -0.2) is 0 Å². The summed E-state index contributed by atoms with van der Waals surface area (Å²) in [7, 11) is 0. The van der Waals surface area contributed by atoms with E-state index < -0.39 is 0 Å². The van der Waals surface area contributed by atoms with E-state index >= 15 is 0 Å². The van der Waals surface area contributed by atoms with Gasteiger partial charge in [0, 0.05) is 12.1 Å². The van der Waals surface area contributed by atoms with E-state index in [4.69, 9.17) is 0 Å². The fourth-order valence-corrected chi connectivity index (χ4v) is 3.76. The van der Waals surface area contributed by atoms with Gasteiger partial charge in [-0.3, -0.25) is 10.9 Å².